The summed E-state index contributed by atoms with van der Waals surface area (Å²) in [7, 11) is 1.63. The number of hydrogen-bond acceptors (Lipinski definition) is 4. The van der Waals surface area contributed by atoms with Crippen LogP contribution < -0.4 is 15.0 Å². The average Bonchev–Trinajstić information content (AvgIpc) is 2.69. The zero-order valence-corrected chi connectivity index (χ0v) is 15.0. The van der Waals surface area contributed by atoms with Gasteiger partial charge in [-0.2, -0.15) is 0 Å². The highest BCUT2D eigenvalue weighted by molar-refractivity contribution is 5.77. The Bertz CT molecular complexity index is 728. The number of benzene rings is 2. The Kier molecular flexibility index (Phi) is 5.94. The average molecular weight is 357 g/mol. The first-order valence-corrected chi connectivity index (χ1v) is 8.82. The predicted molar refractivity (Wildman–Crippen MR) is 101 cm³/mol. The highest BCUT2D eigenvalue weighted by Gasteiger charge is 2.20. The molecular formula is C20H24FN3O2. The largest absolute Gasteiger partial charge is 0.497 e. The second-order valence-corrected chi connectivity index (χ2v) is 6.25. The zero-order valence-electron chi connectivity index (χ0n) is 15.0. The number of amides is 1. The number of piperazine rings is 1. The maximum absolute atomic E-state index is 13.0. The van der Waals surface area contributed by atoms with Crippen LogP contribution in [0.25, 0.3) is 0 Å². The van der Waals surface area contributed by atoms with Crippen molar-refractivity contribution in [1.82, 2.24) is 4.90 Å². The molecule has 0 saturated carbocycles. The quantitative estimate of drug-likeness (QED) is 0.863. The lowest BCUT2D eigenvalue weighted by Gasteiger charge is -2.36. The molecular weight excluding hydrogens is 333 g/mol. The highest BCUT2D eigenvalue weighted by atomic mass is 19.1. The molecule has 26 heavy (non-hydrogen) atoms. The van der Waals surface area contributed by atoms with Gasteiger partial charge < -0.3 is 19.9 Å². The molecule has 0 bridgehead atoms. The number of hydrogen-bond donors (Lipinski definition) is 1. The number of nitrogens with zero attached hydrogens (tertiary/aromatic N) is 2. The second kappa shape index (κ2) is 8.56. The van der Waals surface area contributed by atoms with Gasteiger partial charge in [-0.25, -0.2) is 4.39 Å². The van der Waals surface area contributed by atoms with Crippen molar-refractivity contribution in [2.24, 2.45) is 0 Å². The molecule has 138 valence electrons. The maximum atomic E-state index is 13.0. The van der Waals surface area contributed by atoms with Crippen LogP contribution in [0.4, 0.5) is 15.8 Å². The molecule has 1 heterocycles. The van der Waals surface area contributed by atoms with Crippen molar-refractivity contribution in [2.75, 3.05) is 50.1 Å². The normalized spacial score (nSPS) is 14.2. The third-order valence-electron chi connectivity index (χ3n) is 4.56. The fourth-order valence-electron chi connectivity index (χ4n) is 3.07. The molecule has 0 spiro atoms. The number of anilines is 2. The van der Waals surface area contributed by atoms with Crippen LogP contribution in [0.2, 0.25) is 0 Å². The van der Waals surface area contributed by atoms with Gasteiger partial charge in [-0.15, -0.1) is 0 Å². The van der Waals surface area contributed by atoms with Crippen LogP contribution in [0.1, 0.15) is 6.42 Å². The molecule has 0 radical (unpaired) electrons. The van der Waals surface area contributed by atoms with E-state index in [9.17, 15) is 9.18 Å². The number of ether oxygens (including phenoxy) is 1. The summed E-state index contributed by atoms with van der Waals surface area (Å²) in [5.74, 6) is 0.712. The molecule has 1 aliphatic rings. The van der Waals surface area contributed by atoms with Gasteiger partial charge in [-0.3, -0.25) is 4.79 Å². The minimum absolute atomic E-state index is 0.152. The second-order valence-electron chi connectivity index (χ2n) is 6.25. The molecule has 0 aliphatic carbocycles. The molecule has 0 atom stereocenters. The van der Waals surface area contributed by atoms with Crippen LogP contribution in [0.3, 0.4) is 0 Å². The van der Waals surface area contributed by atoms with Gasteiger partial charge in [0.2, 0.25) is 5.91 Å². The van der Waals surface area contributed by atoms with Gasteiger partial charge in [0, 0.05) is 56.6 Å². The summed E-state index contributed by atoms with van der Waals surface area (Å²) >= 11 is 0. The molecule has 0 unspecified atom stereocenters. The van der Waals surface area contributed by atoms with Crippen molar-refractivity contribution in [3.63, 3.8) is 0 Å². The van der Waals surface area contributed by atoms with Crippen molar-refractivity contribution >= 4 is 17.3 Å². The van der Waals surface area contributed by atoms with Crippen LogP contribution in [0, 0.1) is 5.82 Å². The van der Waals surface area contributed by atoms with E-state index in [-0.39, 0.29) is 11.7 Å². The fraction of sp³-hybridized carbons (Fsp3) is 0.350. The van der Waals surface area contributed by atoms with Crippen molar-refractivity contribution in [3.05, 3.63) is 54.3 Å². The van der Waals surface area contributed by atoms with Gasteiger partial charge in [-0.1, -0.05) is 6.07 Å². The summed E-state index contributed by atoms with van der Waals surface area (Å²) in [6, 6.07) is 14.2. The molecule has 1 fully saturated rings. The molecule has 5 nitrogen and oxygen atoms in total. The van der Waals surface area contributed by atoms with E-state index in [1.165, 1.54) is 12.1 Å². The van der Waals surface area contributed by atoms with E-state index in [0.29, 0.717) is 26.1 Å². The first-order valence-electron chi connectivity index (χ1n) is 8.82. The van der Waals surface area contributed by atoms with Crippen LogP contribution in [-0.4, -0.2) is 50.6 Å². The Morgan fingerprint density at radius 3 is 2.54 bits per heavy atom. The van der Waals surface area contributed by atoms with E-state index in [1.807, 2.05) is 29.2 Å². The van der Waals surface area contributed by atoms with Crippen molar-refractivity contribution in [3.8, 4) is 5.75 Å². The Balaban J connectivity index is 1.42. The molecule has 1 aliphatic heterocycles. The van der Waals surface area contributed by atoms with Crippen LogP contribution >= 0.6 is 0 Å². The zero-order chi connectivity index (χ0) is 18.4. The van der Waals surface area contributed by atoms with Crippen molar-refractivity contribution < 1.29 is 13.9 Å². The molecule has 2 aromatic carbocycles. The summed E-state index contributed by atoms with van der Waals surface area (Å²) in [5, 5.41) is 3.26. The van der Waals surface area contributed by atoms with E-state index in [0.717, 1.165) is 30.2 Å². The Morgan fingerprint density at radius 2 is 1.85 bits per heavy atom. The molecule has 1 saturated heterocycles. The summed E-state index contributed by atoms with van der Waals surface area (Å²) in [5.41, 5.74) is 1.94. The van der Waals surface area contributed by atoms with E-state index >= 15 is 0 Å². The summed E-state index contributed by atoms with van der Waals surface area (Å²) in [6.45, 7) is 3.50. The fourth-order valence-corrected chi connectivity index (χ4v) is 3.07. The third kappa shape index (κ3) is 4.65. The van der Waals surface area contributed by atoms with Crippen LogP contribution in [0.15, 0.2) is 48.5 Å². The number of methoxy groups -OCH3 is 1. The van der Waals surface area contributed by atoms with Crippen molar-refractivity contribution in [2.45, 2.75) is 6.42 Å². The lowest BCUT2D eigenvalue weighted by atomic mass is 10.2. The Hall–Kier alpha value is -2.76. The molecule has 0 aromatic heterocycles. The Morgan fingerprint density at radius 1 is 1.12 bits per heavy atom. The topological polar surface area (TPSA) is 44.8 Å². The van der Waals surface area contributed by atoms with Gasteiger partial charge in [0.05, 0.1) is 7.11 Å². The summed E-state index contributed by atoms with van der Waals surface area (Å²) < 4.78 is 18.2. The molecule has 1 amide bonds. The molecule has 2 aromatic rings. The Labute approximate surface area is 153 Å². The van der Waals surface area contributed by atoms with Gasteiger partial charge in [0.15, 0.2) is 0 Å². The van der Waals surface area contributed by atoms with Gasteiger partial charge in [0.25, 0.3) is 0 Å². The third-order valence-corrected chi connectivity index (χ3v) is 4.56. The van der Waals surface area contributed by atoms with E-state index < -0.39 is 0 Å². The monoisotopic (exact) mass is 357 g/mol. The minimum atomic E-state index is -0.230. The first kappa shape index (κ1) is 18.0. The van der Waals surface area contributed by atoms with Crippen LogP contribution in [-0.2, 0) is 4.79 Å². The van der Waals surface area contributed by atoms with E-state index in [2.05, 4.69) is 10.2 Å². The summed E-state index contributed by atoms with van der Waals surface area (Å²) in [6.07, 6.45) is 0.452. The number of nitrogens with one attached hydrogen (secondary N) is 1. The molecule has 6 heteroatoms. The van der Waals surface area contributed by atoms with Gasteiger partial charge in [-0.05, 0) is 36.4 Å². The van der Waals surface area contributed by atoms with Gasteiger partial charge in [0.1, 0.15) is 11.6 Å². The van der Waals surface area contributed by atoms with Crippen LogP contribution in [0.5, 0.6) is 5.75 Å². The molecule has 1 N–H and O–H groups in total. The van der Waals surface area contributed by atoms with Gasteiger partial charge >= 0.3 is 0 Å². The maximum Gasteiger partial charge on any atom is 0.224 e. The smallest absolute Gasteiger partial charge is 0.224 e. The number of rotatable bonds is 6. The minimum Gasteiger partial charge on any atom is -0.497 e. The van der Waals surface area contributed by atoms with E-state index in [4.69, 9.17) is 4.74 Å². The number of carbonyl (C=O) groups excluding carboxylic acids is 1. The van der Waals surface area contributed by atoms with Crippen molar-refractivity contribution in [1.29, 1.82) is 0 Å². The first-order chi connectivity index (χ1) is 12.7. The predicted octanol–water partition coefficient (Wildman–Crippen LogP) is 2.99. The number of carbonyl (C=O) groups is 1. The lowest BCUT2D eigenvalue weighted by Crippen LogP contribution is -2.49. The lowest BCUT2D eigenvalue weighted by molar-refractivity contribution is -0.131. The highest BCUT2D eigenvalue weighted by Crippen LogP contribution is 2.18. The summed E-state index contributed by atoms with van der Waals surface area (Å²) in [4.78, 5) is 16.5. The molecule has 3 rings (SSSR count). The standard InChI is InChI=1S/C20H24FN3O2/c1-26-19-4-2-3-17(15-19)22-10-9-20(25)24-13-11-23(12-14-24)18-7-5-16(21)6-8-18/h2-8,15,22H,9-14H2,1H3. The number of halogens is 1. The van der Waals surface area contributed by atoms with E-state index in [1.54, 1.807) is 19.2 Å². The SMILES string of the molecule is COc1cccc(NCCC(=O)N2CCN(c3ccc(F)cc3)CC2)c1.